The largest absolute Gasteiger partial charge is 0.463 e. The number of benzene rings is 1. The third kappa shape index (κ3) is 2.12. The minimum Gasteiger partial charge on any atom is -0.463 e. The van der Waals surface area contributed by atoms with Gasteiger partial charge < -0.3 is 9.40 Å². The van der Waals surface area contributed by atoms with Gasteiger partial charge in [-0.3, -0.25) is 14.6 Å². The summed E-state index contributed by atoms with van der Waals surface area (Å²) in [6.07, 6.45) is 1.09. The lowest BCUT2D eigenvalue weighted by atomic mass is 10.1. The highest BCUT2D eigenvalue weighted by Crippen LogP contribution is 2.21. The van der Waals surface area contributed by atoms with Crippen molar-refractivity contribution in [2.75, 3.05) is 0 Å². The van der Waals surface area contributed by atoms with Gasteiger partial charge in [0.25, 0.3) is 5.56 Å². The summed E-state index contributed by atoms with van der Waals surface area (Å²) in [5, 5.41) is 9.56. The number of nitrogens with zero attached hydrogens (tertiary/aromatic N) is 1. The molecule has 1 aromatic carbocycles. The molecule has 0 aliphatic heterocycles. The van der Waals surface area contributed by atoms with E-state index in [2.05, 4.69) is 4.98 Å². The van der Waals surface area contributed by atoms with Gasteiger partial charge in [0.15, 0.2) is 0 Å². The lowest BCUT2D eigenvalue weighted by Crippen LogP contribution is -2.26. The molecule has 0 saturated heterocycles. The van der Waals surface area contributed by atoms with E-state index in [-0.39, 0.29) is 22.2 Å². The van der Waals surface area contributed by atoms with Crippen molar-refractivity contribution >= 4 is 22.6 Å². The van der Waals surface area contributed by atoms with Gasteiger partial charge in [-0.25, -0.2) is 4.79 Å². The van der Waals surface area contributed by atoms with Crippen LogP contribution in [0.5, 0.6) is 0 Å². The molecule has 108 valence electrons. The average Bonchev–Trinajstić information content (AvgIpc) is 2.47. The summed E-state index contributed by atoms with van der Waals surface area (Å²) in [5.74, 6) is 0. The normalized spacial score (nSPS) is 10.5. The number of halogens is 1. The van der Waals surface area contributed by atoms with Gasteiger partial charge in [0.1, 0.15) is 23.5 Å². The number of H-pyrrole nitrogens is 2. The fourth-order valence-corrected chi connectivity index (χ4v) is 2.24. The maximum Gasteiger partial charge on any atom is 0.326 e. The van der Waals surface area contributed by atoms with Crippen LogP contribution in [0.25, 0.3) is 22.2 Å². The first kappa shape index (κ1) is 13.9. The molecule has 0 saturated carbocycles. The van der Waals surface area contributed by atoms with E-state index < -0.39 is 16.7 Å². The van der Waals surface area contributed by atoms with Crippen LogP contribution < -0.4 is 16.7 Å². The molecule has 0 spiro atoms. The molecule has 0 unspecified atom stereocenters. The zero-order chi connectivity index (χ0) is 15.9. The van der Waals surface area contributed by atoms with Crippen molar-refractivity contribution < 1.29 is 4.42 Å². The van der Waals surface area contributed by atoms with Gasteiger partial charge in [0.2, 0.25) is 5.43 Å². The summed E-state index contributed by atoms with van der Waals surface area (Å²) >= 11 is 5.85. The van der Waals surface area contributed by atoms with Crippen molar-refractivity contribution in [3.8, 4) is 17.3 Å². The Kier molecular flexibility index (Phi) is 3.16. The predicted octanol–water partition coefficient (Wildman–Crippen LogP) is 1.36. The Bertz CT molecular complexity index is 1120. The van der Waals surface area contributed by atoms with Crippen LogP contribution in [0.1, 0.15) is 5.56 Å². The zero-order valence-corrected chi connectivity index (χ0v) is 11.5. The van der Waals surface area contributed by atoms with Gasteiger partial charge in [-0.05, 0) is 18.2 Å². The summed E-state index contributed by atoms with van der Waals surface area (Å²) < 4.78 is 5.31. The van der Waals surface area contributed by atoms with E-state index in [1.54, 1.807) is 12.1 Å². The fraction of sp³-hybridized carbons (Fsp3) is 0. The molecular formula is C14H6ClN3O4. The fourth-order valence-electron chi connectivity index (χ4n) is 2.07. The molecule has 3 aromatic rings. The summed E-state index contributed by atoms with van der Waals surface area (Å²) in [6.45, 7) is 0. The lowest BCUT2D eigenvalue weighted by Gasteiger charge is -2.04. The van der Waals surface area contributed by atoms with E-state index in [9.17, 15) is 14.4 Å². The molecule has 2 N–H and O–H groups in total. The summed E-state index contributed by atoms with van der Waals surface area (Å²) in [6, 6.07) is 6.14. The van der Waals surface area contributed by atoms with Crippen LogP contribution in [-0.2, 0) is 0 Å². The molecule has 2 heterocycles. The number of hydrogen-bond acceptors (Lipinski definition) is 5. The van der Waals surface area contributed by atoms with E-state index in [4.69, 9.17) is 21.3 Å². The predicted molar refractivity (Wildman–Crippen MR) is 78.9 cm³/mol. The Morgan fingerprint density at radius 1 is 1.18 bits per heavy atom. The second kappa shape index (κ2) is 5.02. The quantitative estimate of drug-likeness (QED) is 0.702. The topological polar surface area (TPSA) is 120 Å². The molecule has 22 heavy (non-hydrogen) atoms. The summed E-state index contributed by atoms with van der Waals surface area (Å²) in [7, 11) is 0. The number of hydrogen-bond donors (Lipinski definition) is 2. The first-order valence-electron chi connectivity index (χ1n) is 5.99. The van der Waals surface area contributed by atoms with Gasteiger partial charge in [-0.2, -0.15) is 5.26 Å². The number of aromatic amines is 2. The lowest BCUT2D eigenvalue weighted by molar-refractivity contribution is 0.604. The molecule has 2 aromatic heterocycles. The van der Waals surface area contributed by atoms with Crippen molar-refractivity contribution in [3.05, 3.63) is 66.1 Å². The number of rotatable bonds is 1. The molecular weight excluding hydrogens is 310 g/mol. The third-order valence-electron chi connectivity index (χ3n) is 3.06. The maximum atomic E-state index is 12.5. The second-order valence-electron chi connectivity index (χ2n) is 4.39. The molecule has 0 radical (unpaired) electrons. The van der Waals surface area contributed by atoms with Crippen molar-refractivity contribution in [3.63, 3.8) is 0 Å². The highest BCUT2D eigenvalue weighted by molar-refractivity contribution is 6.31. The van der Waals surface area contributed by atoms with Crippen LogP contribution >= 0.6 is 11.6 Å². The number of fused-ring (bicyclic) bond motifs is 1. The van der Waals surface area contributed by atoms with Gasteiger partial charge in [0.05, 0.1) is 16.6 Å². The zero-order valence-electron chi connectivity index (χ0n) is 10.8. The standard InChI is InChI=1S/C14H6ClN3O4/c15-6-1-2-10-7(3-6)12(19)9(5-22-10)11-8(4-16)13(20)18-14(21)17-11/h1-3,5H,(H2,17,18,20,21). The van der Waals surface area contributed by atoms with Crippen LogP contribution in [0, 0.1) is 11.3 Å². The molecule has 0 atom stereocenters. The van der Waals surface area contributed by atoms with E-state index in [0.717, 1.165) is 6.26 Å². The first-order valence-corrected chi connectivity index (χ1v) is 6.37. The van der Waals surface area contributed by atoms with Gasteiger partial charge in [0, 0.05) is 5.02 Å². The molecule has 0 fully saturated rings. The monoisotopic (exact) mass is 315 g/mol. The van der Waals surface area contributed by atoms with E-state index in [0.29, 0.717) is 10.6 Å². The Labute approximate surface area is 126 Å². The highest BCUT2D eigenvalue weighted by Gasteiger charge is 2.16. The van der Waals surface area contributed by atoms with E-state index >= 15 is 0 Å². The molecule has 3 rings (SSSR count). The van der Waals surface area contributed by atoms with Gasteiger partial charge >= 0.3 is 5.69 Å². The van der Waals surface area contributed by atoms with E-state index in [1.165, 1.54) is 12.1 Å². The Hall–Kier alpha value is -3.11. The molecule has 0 bridgehead atoms. The van der Waals surface area contributed by atoms with Gasteiger partial charge in [-0.15, -0.1) is 0 Å². The summed E-state index contributed by atoms with van der Waals surface area (Å²) in [4.78, 5) is 39.8. The number of nitrogens with one attached hydrogen (secondary N) is 2. The van der Waals surface area contributed by atoms with Crippen LogP contribution in [-0.4, -0.2) is 9.97 Å². The maximum absolute atomic E-state index is 12.5. The summed E-state index contributed by atoms with van der Waals surface area (Å²) in [5.41, 5.74) is -2.60. The first-order chi connectivity index (χ1) is 10.5. The van der Waals surface area contributed by atoms with Crippen molar-refractivity contribution in [1.82, 2.24) is 9.97 Å². The SMILES string of the molecule is N#Cc1c(-c2coc3ccc(Cl)cc3c2=O)[nH]c(=O)[nH]c1=O. The molecule has 8 heteroatoms. The van der Waals surface area contributed by atoms with Crippen LogP contribution in [0.2, 0.25) is 5.02 Å². The number of nitriles is 1. The minimum atomic E-state index is -0.883. The average molecular weight is 316 g/mol. The molecule has 0 aliphatic carbocycles. The van der Waals surface area contributed by atoms with Crippen LogP contribution in [0.15, 0.2) is 43.3 Å². The Balaban J connectivity index is 2.45. The molecule has 0 aliphatic rings. The molecule has 7 nitrogen and oxygen atoms in total. The van der Waals surface area contributed by atoms with E-state index in [1.807, 2.05) is 4.98 Å². The Morgan fingerprint density at radius 3 is 2.68 bits per heavy atom. The van der Waals surface area contributed by atoms with Crippen molar-refractivity contribution in [2.45, 2.75) is 0 Å². The van der Waals surface area contributed by atoms with Crippen LogP contribution in [0.4, 0.5) is 0 Å². The molecule has 0 amide bonds. The van der Waals surface area contributed by atoms with Crippen molar-refractivity contribution in [2.24, 2.45) is 0 Å². The van der Waals surface area contributed by atoms with Crippen LogP contribution in [0.3, 0.4) is 0 Å². The number of aromatic nitrogens is 2. The van der Waals surface area contributed by atoms with Crippen molar-refractivity contribution in [1.29, 1.82) is 5.26 Å². The smallest absolute Gasteiger partial charge is 0.326 e. The Morgan fingerprint density at radius 2 is 1.95 bits per heavy atom. The highest BCUT2D eigenvalue weighted by atomic mass is 35.5. The van der Waals surface area contributed by atoms with Gasteiger partial charge in [-0.1, -0.05) is 11.6 Å². The second-order valence-corrected chi connectivity index (χ2v) is 4.83. The minimum absolute atomic E-state index is 0.102. The third-order valence-corrected chi connectivity index (χ3v) is 3.29.